The highest BCUT2D eigenvalue weighted by atomic mass is 28.4. The molecule has 0 aliphatic heterocycles. The Morgan fingerprint density at radius 3 is 1.79 bits per heavy atom. The third kappa shape index (κ3) is 8.69. The molecule has 116 valence electrons. The maximum Gasteiger partial charge on any atom is 0.530 e. The van der Waals surface area contributed by atoms with Gasteiger partial charge in [0.1, 0.15) is 16.2 Å². The van der Waals surface area contributed by atoms with Crippen molar-refractivity contribution < 1.29 is 22.4 Å². The van der Waals surface area contributed by atoms with Gasteiger partial charge in [0.05, 0.1) is 6.61 Å². The Labute approximate surface area is 122 Å². The minimum atomic E-state index is -2.68. The normalized spacial score (nSPS) is 12.7. The molecule has 0 rings (SSSR count). The van der Waals surface area contributed by atoms with Crippen molar-refractivity contribution in [2.24, 2.45) is 0 Å². The fourth-order valence-corrected chi connectivity index (χ4v) is 3.43. The van der Waals surface area contributed by atoms with E-state index >= 15 is 0 Å². The van der Waals surface area contributed by atoms with Gasteiger partial charge in [0.2, 0.25) is 0 Å². The lowest BCUT2D eigenvalue weighted by atomic mass is 10.4. The van der Waals surface area contributed by atoms with Gasteiger partial charge in [0.25, 0.3) is 0 Å². The van der Waals surface area contributed by atoms with Gasteiger partial charge < -0.3 is 22.4 Å². The Bertz CT molecular complexity index is 212. The summed E-state index contributed by atoms with van der Waals surface area (Å²) in [5.74, 6) is 0. The van der Waals surface area contributed by atoms with E-state index in [4.69, 9.17) is 18.0 Å². The number of hydrogen-bond donors (Lipinski definition) is 0. The topological polar surface area (TPSA) is 46.2 Å². The molecular formula is C12H30O5Si2. The zero-order chi connectivity index (χ0) is 15.3. The SMILES string of the molecule is C=C(C)COC(CC)[Si](OC)(OC)OC.CCO[SiH3]. The molecule has 0 saturated heterocycles. The van der Waals surface area contributed by atoms with Crippen molar-refractivity contribution in [1.29, 1.82) is 0 Å². The summed E-state index contributed by atoms with van der Waals surface area (Å²) in [6.07, 6.45) is 0.787. The fraction of sp³-hybridized carbons (Fsp3) is 0.833. The van der Waals surface area contributed by atoms with Crippen molar-refractivity contribution in [3.05, 3.63) is 12.2 Å². The lowest BCUT2D eigenvalue weighted by molar-refractivity contribution is 0.0199. The molecule has 7 heteroatoms. The fourth-order valence-electron chi connectivity index (χ4n) is 1.36. The zero-order valence-corrected chi connectivity index (χ0v) is 16.4. The van der Waals surface area contributed by atoms with Gasteiger partial charge in [-0.2, -0.15) is 0 Å². The van der Waals surface area contributed by atoms with Gasteiger partial charge >= 0.3 is 8.80 Å². The van der Waals surface area contributed by atoms with Crippen LogP contribution in [0.2, 0.25) is 0 Å². The van der Waals surface area contributed by atoms with Gasteiger partial charge in [-0.15, -0.1) is 0 Å². The van der Waals surface area contributed by atoms with Gasteiger partial charge in [0.15, 0.2) is 0 Å². The highest BCUT2D eigenvalue weighted by Crippen LogP contribution is 2.18. The van der Waals surface area contributed by atoms with Crippen LogP contribution in [0, 0.1) is 0 Å². The van der Waals surface area contributed by atoms with Gasteiger partial charge in [-0.05, 0) is 20.3 Å². The Hall–Kier alpha value is -0.0262. The molecule has 0 radical (unpaired) electrons. The van der Waals surface area contributed by atoms with E-state index in [1.165, 1.54) is 0 Å². The summed E-state index contributed by atoms with van der Waals surface area (Å²) in [7, 11) is 2.98. The van der Waals surface area contributed by atoms with Crippen LogP contribution in [0.25, 0.3) is 0 Å². The van der Waals surface area contributed by atoms with E-state index in [9.17, 15) is 0 Å². The van der Waals surface area contributed by atoms with E-state index in [-0.39, 0.29) is 5.73 Å². The first-order valence-corrected chi connectivity index (χ1v) is 9.00. The summed E-state index contributed by atoms with van der Waals surface area (Å²) in [5.41, 5.74) is 0.828. The van der Waals surface area contributed by atoms with Gasteiger partial charge in [-0.3, -0.25) is 0 Å². The number of ether oxygens (including phenoxy) is 1. The van der Waals surface area contributed by atoms with Crippen LogP contribution in [0.5, 0.6) is 0 Å². The number of rotatable bonds is 9. The lowest BCUT2D eigenvalue weighted by Gasteiger charge is -2.31. The molecule has 0 amide bonds. The zero-order valence-electron chi connectivity index (χ0n) is 13.4. The molecule has 0 bridgehead atoms. The average Bonchev–Trinajstić information content (AvgIpc) is 2.44. The molecule has 0 N–H and O–H groups in total. The van der Waals surface area contributed by atoms with Gasteiger partial charge in [-0.1, -0.05) is 19.1 Å². The summed E-state index contributed by atoms with van der Waals surface area (Å²) >= 11 is 0. The van der Waals surface area contributed by atoms with Crippen molar-refractivity contribution in [2.45, 2.75) is 32.9 Å². The Morgan fingerprint density at radius 2 is 1.58 bits per heavy atom. The van der Waals surface area contributed by atoms with Crippen LogP contribution >= 0.6 is 0 Å². The summed E-state index contributed by atoms with van der Waals surface area (Å²) in [5, 5.41) is 0. The first-order valence-electron chi connectivity index (χ1n) is 6.38. The first kappa shape index (κ1) is 21.3. The molecule has 0 aromatic carbocycles. The summed E-state index contributed by atoms with van der Waals surface area (Å²) in [4.78, 5) is 0. The van der Waals surface area contributed by atoms with Crippen molar-refractivity contribution in [3.8, 4) is 0 Å². The Morgan fingerprint density at radius 1 is 1.16 bits per heavy atom. The van der Waals surface area contributed by atoms with Crippen molar-refractivity contribution in [1.82, 2.24) is 0 Å². The van der Waals surface area contributed by atoms with Crippen LogP contribution in [0.15, 0.2) is 12.2 Å². The molecule has 0 aromatic heterocycles. The number of hydrogen-bond acceptors (Lipinski definition) is 5. The Balaban J connectivity index is 0. The van der Waals surface area contributed by atoms with Crippen LogP contribution in [0.3, 0.4) is 0 Å². The van der Waals surface area contributed by atoms with E-state index in [0.29, 0.717) is 6.61 Å². The molecule has 0 heterocycles. The molecule has 5 nitrogen and oxygen atoms in total. The van der Waals surface area contributed by atoms with E-state index in [2.05, 4.69) is 11.0 Å². The largest absolute Gasteiger partial charge is 0.530 e. The second-order valence-corrected chi connectivity index (χ2v) is 7.61. The molecular weight excluding hydrogens is 280 g/mol. The molecule has 19 heavy (non-hydrogen) atoms. The monoisotopic (exact) mass is 310 g/mol. The van der Waals surface area contributed by atoms with E-state index < -0.39 is 8.80 Å². The van der Waals surface area contributed by atoms with Crippen LogP contribution in [-0.4, -0.2) is 59.6 Å². The van der Waals surface area contributed by atoms with Crippen LogP contribution in [0.4, 0.5) is 0 Å². The van der Waals surface area contributed by atoms with Crippen LogP contribution in [-0.2, 0) is 22.4 Å². The maximum atomic E-state index is 5.68. The van der Waals surface area contributed by atoms with Crippen LogP contribution < -0.4 is 0 Å². The lowest BCUT2D eigenvalue weighted by Crippen LogP contribution is -2.55. The second-order valence-electron chi connectivity index (χ2n) is 3.96. The molecule has 0 fully saturated rings. The smallest absolute Gasteiger partial charge is 0.428 e. The van der Waals surface area contributed by atoms with Crippen molar-refractivity contribution in [2.75, 3.05) is 34.5 Å². The second kappa shape index (κ2) is 13.0. The minimum Gasteiger partial charge on any atom is -0.428 e. The van der Waals surface area contributed by atoms with E-state index in [1.54, 1.807) is 21.3 Å². The molecule has 0 saturated carbocycles. The van der Waals surface area contributed by atoms with E-state index in [0.717, 1.165) is 29.1 Å². The van der Waals surface area contributed by atoms with Crippen molar-refractivity contribution >= 4 is 19.3 Å². The summed E-state index contributed by atoms with van der Waals surface area (Å²) < 4.78 is 26.4. The highest BCUT2D eigenvalue weighted by molar-refractivity contribution is 6.62. The Kier molecular flexibility index (Phi) is 14.5. The standard InChI is InChI=1S/C10H22O4Si.C2H8OSi/c1-7-10(14-8-9(2)3)15(11-4,12-5)13-6;1-2-3-4/h10H,2,7-8H2,1,3-6H3;2H2,1,4H3. The average molecular weight is 311 g/mol. The highest BCUT2D eigenvalue weighted by Gasteiger charge is 2.47. The maximum absolute atomic E-state index is 5.68. The minimum absolute atomic E-state index is 0.144. The van der Waals surface area contributed by atoms with E-state index in [1.807, 2.05) is 20.8 Å². The molecule has 1 atom stereocenters. The van der Waals surface area contributed by atoms with Crippen molar-refractivity contribution in [3.63, 3.8) is 0 Å². The molecule has 0 aliphatic carbocycles. The van der Waals surface area contributed by atoms with Crippen LogP contribution in [0.1, 0.15) is 27.2 Å². The summed E-state index contributed by atoms with van der Waals surface area (Å²) in [6, 6.07) is 0. The summed E-state index contributed by atoms with van der Waals surface area (Å²) in [6.45, 7) is 11.1. The molecule has 0 spiro atoms. The van der Waals surface area contributed by atoms with Gasteiger partial charge in [-0.25, -0.2) is 0 Å². The molecule has 0 aliphatic rings. The quantitative estimate of drug-likeness (QED) is 0.471. The molecule has 0 aromatic rings. The molecule has 1 unspecified atom stereocenters. The predicted octanol–water partition coefficient (Wildman–Crippen LogP) is 1.08. The van der Waals surface area contributed by atoms with Gasteiger partial charge in [0, 0.05) is 27.9 Å². The predicted molar refractivity (Wildman–Crippen MR) is 83.2 cm³/mol. The third-order valence-corrected chi connectivity index (χ3v) is 6.09. The third-order valence-electron chi connectivity index (χ3n) is 2.44. The first-order chi connectivity index (χ1) is 8.97.